The largest absolute Gasteiger partial charge is 0.475 e. The number of aromatic nitrogens is 3. The second-order valence-electron chi connectivity index (χ2n) is 7.66. The zero-order valence-corrected chi connectivity index (χ0v) is 16.1. The fourth-order valence-electron chi connectivity index (χ4n) is 3.87. The molecule has 0 bridgehead atoms. The lowest BCUT2D eigenvalue weighted by Crippen LogP contribution is -2.23. The Bertz CT molecular complexity index is 769. The van der Waals surface area contributed by atoms with Crippen molar-refractivity contribution in [3.05, 3.63) is 23.9 Å². The third-order valence-corrected chi connectivity index (χ3v) is 5.40. The lowest BCUT2D eigenvalue weighted by atomic mass is 9.99. The maximum atomic E-state index is 6.11. The summed E-state index contributed by atoms with van der Waals surface area (Å²) >= 11 is 0. The van der Waals surface area contributed by atoms with Crippen LogP contribution in [0.1, 0.15) is 45.1 Å². The Balaban J connectivity index is 1.64. The number of pyridine rings is 1. The van der Waals surface area contributed by atoms with Gasteiger partial charge in [-0.1, -0.05) is 13.8 Å². The van der Waals surface area contributed by atoms with Crippen LogP contribution in [0.4, 0.5) is 5.82 Å². The molecule has 1 saturated heterocycles. The quantitative estimate of drug-likeness (QED) is 0.840. The average molecular weight is 356 g/mol. The van der Waals surface area contributed by atoms with Gasteiger partial charge >= 0.3 is 0 Å². The molecule has 0 spiro atoms. The minimum atomic E-state index is 0.244. The maximum Gasteiger partial charge on any atom is 0.216 e. The molecule has 6 nitrogen and oxygen atoms in total. The Morgan fingerprint density at radius 1 is 1.23 bits per heavy atom. The first-order chi connectivity index (χ1) is 12.6. The van der Waals surface area contributed by atoms with E-state index in [2.05, 4.69) is 37.8 Å². The van der Waals surface area contributed by atoms with Gasteiger partial charge in [-0.2, -0.15) is 5.10 Å². The van der Waals surface area contributed by atoms with Gasteiger partial charge in [0.05, 0.1) is 12.2 Å². The van der Waals surface area contributed by atoms with Gasteiger partial charge in [-0.25, -0.2) is 9.67 Å². The summed E-state index contributed by atoms with van der Waals surface area (Å²) in [5, 5.41) is 4.85. The van der Waals surface area contributed by atoms with E-state index in [4.69, 9.17) is 19.6 Å². The van der Waals surface area contributed by atoms with Crippen LogP contribution >= 0.6 is 0 Å². The van der Waals surface area contributed by atoms with E-state index in [0.29, 0.717) is 12.0 Å². The van der Waals surface area contributed by atoms with Crippen molar-refractivity contribution in [3.8, 4) is 17.1 Å². The third kappa shape index (κ3) is 3.07. The van der Waals surface area contributed by atoms with E-state index >= 15 is 0 Å². The van der Waals surface area contributed by atoms with Crippen LogP contribution in [0, 0.1) is 0 Å². The highest BCUT2D eigenvalue weighted by molar-refractivity contribution is 5.67. The molecule has 0 unspecified atom stereocenters. The van der Waals surface area contributed by atoms with Crippen molar-refractivity contribution in [3.63, 3.8) is 0 Å². The zero-order chi connectivity index (χ0) is 18.3. The second-order valence-corrected chi connectivity index (χ2v) is 7.66. The van der Waals surface area contributed by atoms with Crippen LogP contribution in [0.5, 0.6) is 5.88 Å². The summed E-state index contributed by atoms with van der Waals surface area (Å²) < 4.78 is 13.6. The highest BCUT2D eigenvalue weighted by Crippen LogP contribution is 2.38. The minimum absolute atomic E-state index is 0.244. The molecule has 0 N–H and O–H groups in total. The number of methoxy groups -OCH3 is 1. The van der Waals surface area contributed by atoms with Crippen molar-refractivity contribution in [2.45, 2.75) is 58.3 Å². The number of nitrogens with zero attached hydrogens (tertiary/aromatic N) is 4. The van der Waals surface area contributed by atoms with Crippen LogP contribution in [0.3, 0.4) is 0 Å². The van der Waals surface area contributed by atoms with Crippen LogP contribution in [-0.4, -0.2) is 47.2 Å². The van der Waals surface area contributed by atoms with E-state index in [1.807, 2.05) is 10.9 Å². The molecule has 2 atom stereocenters. The van der Waals surface area contributed by atoms with Crippen molar-refractivity contribution in [2.24, 2.45) is 0 Å². The van der Waals surface area contributed by atoms with E-state index < -0.39 is 0 Å². The Morgan fingerprint density at radius 2 is 2.08 bits per heavy atom. The molecular formula is C20H28N4O2. The van der Waals surface area contributed by atoms with E-state index in [9.17, 15) is 0 Å². The van der Waals surface area contributed by atoms with Crippen molar-refractivity contribution in [1.82, 2.24) is 14.8 Å². The third-order valence-electron chi connectivity index (χ3n) is 5.40. The Kier molecular flexibility index (Phi) is 4.61. The van der Waals surface area contributed by atoms with Gasteiger partial charge in [0.25, 0.3) is 0 Å². The molecule has 0 aliphatic carbocycles. The number of anilines is 1. The summed E-state index contributed by atoms with van der Waals surface area (Å²) in [6, 6.07) is 4.23. The van der Waals surface area contributed by atoms with Gasteiger partial charge in [-0.15, -0.1) is 0 Å². The lowest BCUT2D eigenvalue weighted by Gasteiger charge is -2.23. The summed E-state index contributed by atoms with van der Waals surface area (Å²) in [5.74, 6) is 2.29. The molecule has 26 heavy (non-hydrogen) atoms. The molecule has 1 fully saturated rings. The molecule has 2 aliphatic heterocycles. The molecule has 6 heteroatoms. The number of fused-ring (bicyclic) bond motifs is 1. The molecule has 140 valence electrons. The molecule has 2 aromatic rings. The molecule has 0 amide bonds. The van der Waals surface area contributed by atoms with Crippen molar-refractivity contribution < 1.29 is 9.47 Å². The van der Waals surface area contributed by atoms with Gasteiger partial charge in [0.1, 0.15) is 11.5 Å². The van der Waals surface area contributed by atoms with Gasteiger partial charge in [-0.05, 0) is 31.4 Å². The van der Waals surface area contributed by atoms with Gasteiger partial charge in [0, 0.05) is 50.5 Å². The zero-order valence-electron chi connectivity index (χ0n) is 16.1. The fraction of sp³-hybridized carbons (Fsp3) is 0.600. The highest BCUT2D eigenvalue weighted by atomic mass is 16.5. The second kappa shape index (κ2) is 6.91. The van der Waals surface area contributed by atoms with E-state index in [1.165, 1.54) is 5.56 Å². The SMILES string of the molecule is CO[C@H]1CCN(c2ccc(-c3nn4c(c3C(C)C)O[C@H](C)CC4)cn2)C1. The van der Waals surface area contributed by atoms with Crippen LogP contribution in [0.25, 0.3) is 11.3 Å². The highest BCUT2D eigenvalue weighted by Gasteiger charge is 2.28. The summed E-state index contributed by atoms with van der Waals surface area (Å²) in [5.41, 5.74) is 3.24. The number of rotatable bonds is 4. The summed E-state index contributed by atoms with van der Waals surface area (Å²) in [7, 11) is 1.78. The summed E-state index contributed by atoms with van der Waals surface area (Å²) in [6.07, 6.45) is 4.55. The van der Waals surface area contributed by atoms with Gasteiger partial charge in [0.15, 0.2) is 0 Å². The van der Waals surface area contributed by atoms with E-state index in [0.717, 1.165) is 55.4 Å². The maximum absolute atomic E-state index is 6.11. The molecule has 4 rings (SSSR count). The van der Waals surface area contributed by atoms with Gasteiger partial charge in [-0.3, -0.25) is 0 Å². The van der Waals surface area contributed by atoms with E-state index in [-0.39, 0.29) is 6.10 Å². The van der Waals surface area contributed by atoms with Crippen LogP contribution < -0.4 is 9.64 Å². The first-order valence-corrected chi connectivity index (χ1v) is 9.58. The molecule has 0 radical (unpaired) electrons. The number of hydrogen-bond acceptors (Lipinski definition) is 5. The summed E-state index contributed by atoms with van der Waals surface area (Å²) in [4.78, 5) is 6.99. The molecule has 0 saturated carbocycles. The first-order valence-electron chi connectivity index (χ1n) is 9.58. The molecular weight excluding hydrogens is 328 g/mol. The standard InChI is InChI=1S/C20H28N4O2/c1-13(2)18-19(22-24-10-7-14(3)26-20(18)24)15-5-6-17(21-11-15)23-9-8-16(12-23)25-4/h5-6,11,13-14,16H,7-10,12H2,1-4H3/t14-,16+/m1/s1. The predicted octanol–water partition coefficient (Wildman–Crippen LogP) is 3.46. The number of ether oxygens (including phenoxy) is 2. The van der Waals surface area contributed by atoms with Gasteiger partial charge < -0.3 is 14.4 Å². The Morgan fingerprint density at radius 3 is 2.73 bits per heavy atom. The normalized spacial score (nSPS) is 22.6. The molecule has 0 aromatic carbocycles. The predicted molar refractivity (Wildman–Crippen MR) is 102 cm³/mol. The van der Waals surface area contributed by atoms with Crippen LogP contribution in [-0.2, 0) is 11.3 Å². The fourth-order valence-corrected chi connectivity index (χ4v) is 3.87. The van der Waals surface area contributed by atoms with Crippen LogP contribution in [0.2, 0.25) is 0 Å². The molecule has 4 heterocycles. The number of hydrogen-bond donors (Lipinski definition) is 0. The first kappa shape index (κ1) is 17.3. The number of aryl methyl sites for hydroxylation is 1. The average Bonchev–Trinajstić information content (AvgIpc) is 3.26. The minimum Gasteiger partial charge on any atom is -0.475 e. The van der Waals surface area contributed by atoms with Crippen LogP contribution in [0.15, 0.2) is 18.3 Å². The van der Waals surface area contributed by atoms with Crippen molar-refractivity contribution in [1.29, 1.82) is 0 Å². The Hall–Kier alpha value is -2.08. The molecule has 2 aliphatic rings. The van der Waals surface area contributed by atoms with Crippen molar-refractivity contribution >= 4 is 5.82 Å². The monoisotopic (exact) mass is 356 g/mol. The van der Waals surface area contributed by atoms with Crippen molar-refractivity contribution in [2.75, 3.05) is 25.1 Å². The Labute approximate surface area is 155 Å². The van der Waals surface area contributed by atoms with E-state index in [1.54, 1.807) is 7.11 Å². The lowest BCUT2D eigenvalue weighted by molar-refractivity contribution is 0.121. The topological polar surface area (TPSA) is 52.4 Å². The smallest absolute Gasteiger partial charge is 0.216 e. The molecule has 2 aromatic heterocycles. The summed E-state index contributed by atoms with van der Waals surface area (Å²) in [6.45, 7) is 9.33. The van der Waals surface area contributed by atoms with Gasteiger partial charge in [0.2, 0.25) is 5.88 Å².